The predicted molar refractivity (Wildman–Crippen MR) is 143 cm³/mol. The molecule has 0 spiro atoms. The molecule has 10 nitrogen and oxygen atoms in total. The minimum absolute atomic E-state index is 0.247. The van der Waals surface area contributed by atoms with Gasteiger partial charge in [-0.1, -0.05) is 0 Å². The maximum absolute atomic E-state index is 13.2. The summed E-state index contributed by atoms with van der Waals surface area (Å²) in [5.41, 5.74) is 2.44. The van der Waals surface area contributed by atoms with Gasteiger partial charge in [-0.05, 0) is 67.4 Å². The third kappa shape index (κ3) is 6.15. The standard InChI is InChI=1S/C26H29FN8O2S/c1-34-18-28-16-23(34)17-30-20-11-14-35(15-12-20)38(36,37)24-8-6-22(7-9-24)32-26-29-13-10-25(33-26)31-21-4-2-19(27)3-5-21/h2-10,13,16,18,20,30H,11-12,14-15,17H2,1H3,(H2,29,31,32,33). The first-order chi connectivity index (χ1) is 18.4. The van der Waals surface area contributed by atoms with E-state index in [-0.39, 0.29) is 16.8 Å². The summed E-state index contributed by atoms with van der Waals surface area (Å²) < 4.78 is 43.1. The lowest BCUT2D eigenvalue weighted by molar-refractivity contribution is 0.287. The lowest BCUT2D eigenvalue weighted by Gasteiger charge is -2.31. The van der Waals surface area contributed by atoms with E-state index in [0.717, 1.165) is 18.5 Å². The van der Waals surface area contributed by atoms with Crippen LogP contribution >= 0.6 is 0 Å². The highest BCUT2D eigenvalue weighted by Gasteiger charge is 2.29. The highest BCUT2D eigenvalue weighted by molar-refractivity contribution is 7.89. The first-order valence-corrected chi connectivity index (χ1v) is 13.7. The average Bonchev–Trinajstić information content (AvgIpc) is 3.34. The number of rotatable bonds is 9. The van der Waals surface area contributed by atoms with Crippen LogP contribution in [-0.4, -0.2) is 51.4 Å². The number of imidazole rings is 1. The molecule has 0 amide bonds. The molecule has 1 saturated heterocycles. The number of halogens is 1. The zero-order valence-electron chi connectivity index (χ0n) is 20.9. The van der Waals surface area contributed by atoms with E-state index in [1.807, 2.05) is 17.8 Å². The highest BCUT2D eigenvalue weighted by atomic mass is 32.2. The molecular formula is C26H29FN8O2S. The fourth-order valence-corrected chi connectivity index (χ4v) is 5.73. The number of hydrogen-bond donors (Lipinski definition) is 3. The van der Waals surface area contributed by atoms with Gasteiger partial charge in [0, 0.05) is 56.5 Å². The number of benzene rings is 2. The van der Waals surface area contributed by atoms with Gasteiger partial charge in [0.2, 0.25) is 16.0 Å². The minimum Gasteiger partial charge on any atom is -0.340 e. The molecule has 38 heavy (non-hydrogen) atoms. The van der Waals surface area contributed by atoms with Crippen LogP contribution in [0.3, 0.4) is 0 Å². The number of aromatic nitrogens is 4. The van der Waals surface area contributed by atoms with Crippen molar-refractivity contribution in [3.8, 4) is 0 Å². The van der Waals surface area contributed by atoms with Gasteiger partial charge in [0.05, 0.1) is 16.9 Å². The van der Waals surface area contributed by atoms with Crippen molar-refractivity contribution >= 4 is 33.2 Å². The molecule has 198 valence electrons. The van der Waals surface area contributed by atoms with E-state index < -0.39 is 10.0 Å². The van der Waals surface area contributed by atoms with Crippen LogP contribution in [0.2, 0.25) is 0 Å². The molecule has 0 bridgehead atoms. The molecule has 5 rings (SSSR count). The number of sulfonamides is 1. The molecule has 12 heteroatoms. The molecular weight excluding hydrogens is 507 g/mol. The molecule has 3 N–H and O–H groups in total. The van der Waals surface area contributed by atoms with Gasteiger partial charge in [0.15, 0.2) is 0 Å². The molecule has 2 aromatic heterocycles. The van der Waals surface area contributed by atoms with Gasteiger partial charge in [-0.15, -0.1) is 0 Å². The van der Waals surface area contributed by atoms with Crippen LogP contribution in [0.1, 0.15) is 18.5 Å². The molecule has 0 unspecified atom stereocenters. The van der Waals surface area contributed by atoms with Crippen molar-refractivity contribution in [1.29, 1.82) is 0 Å². The molecule has 2 aromatic carbocycles. The van der Waals surface area contributed by atoms with Crippen LogP contribution in [0.25, 0.3) is 0 Å². The van der Waals surface area contributed by atoms with Gasteiger partial charge in [-0.2, -0.15) is 9.29 Å². The molecule has 1 fully saturated rings. The monoisotopic (exact) mass is 536 g/mol. The topological polar surface area (TPSA) is 117 Å². The Hall–Kier alpha value is -3.87. The van der Waals surface area contributed by atoms with Crippen LogP contribution in [0.15, 0.2) is 78.2 Å². The Morgan fingerprint density at radius 1 is 0.974 bits per heavy atom. The second-order valence-corrected chi connectivity index (χ2v) is 11.0. The maximum atomic E-state index is 13.2. The summed E-state index contributed by atoms with van der Waals surface area (Å²) in [6.07, 6.45) is 6.69. The summed E-state index contributed by atoms with van der Waals surface area (Å²) in [5, 5.41) is 9.68. The van der Waals surface area contributed by atoms with E-state index in [1.165, 1.54) is 12.1 Å². The Kier molecular flexibility index (Phi) is 7.63. The second kappa shape index (κ2) is 11.3. The molecule has 1 aliphatic heterocycles. The number of piperidine rings is 1. The van der Waals surface area contributed by atoms with E-state index in [0.29, 0.717) is 42.8 Å². The van der Waals surface area contributed by atoms with Crippen molar-refractivity contribution in [2.24, 2.45) is 7.05 Å². The van der Waals surface area contributed by atoms with Gasteiger partial charge in [-0.25, -0.2) is 22.8 Å². The van der Waals surface area contributed by atoms with Gasteiger partial charge >= 0.3 is 0 Å². The molecule has 0 saturated carbocycles. The lowest BCUT2D eigenvalue weighted by Crippen LogP contribution is -2.44. The molecule has 0 aliphatic carbocycles. The number of nitrogens with zero attached hydrogens (tertiary/aromatic N) is 5. The quantitative estimate of drug-likeness (QED) is 0.296. The predicted octanol–water partition coefficient (Wildman–Crippen LogP) is 3.78. The first kappa shape index (κ1) is 25.8. The molecule has 3 heterocycles. The zero-order valence-corrected chi connectivity index (χ0v) is 21.7. The molecule has 0 radical (unpaired) electrons. The summed E-state index contributed by atoms with van der Waals surface area (Å²) in [5.74, 6) is 0.559. The summed E-state index contributed by atoms with van der Waals surface area (Å²) in [4.78, 5) is 13.0. The minimum atomic E-state index is -3.59. The van der Waals surface area contributed by atoms with E-state index in [4.69, 9.17) is 0 Å². The van der Waals surface area contributed by atoms with Gasteiger partial charge in [0.1, 0.15) is 11.6 Å². The summed E-state index contributed by atoms with van der Waals surface area (Å²) in [6, 6.07) is 14.5. The number of nitrogens with one attached hydrogen (secondary N) is 3. The van der Waals surface area contributed by atoms with Crippen molar-refractivity contribution in [3.63, 3.8) is 0 Å². The Balaban J connectivity index is 1.16. The molecule has 0 atom stereocenters. The van der Waals surface area contributed by atoms with Crippen molar-refractivity contribution < 1.29 is 12.8 Å². The van der Waals surface area contributed by atoms with E-state index in [2.05, 4.69) is 30.9 Å². The average molecular weight is 537 g/mol. The van der Waals surface area contributed by atoms with Gasteiger partial charge < -0.3 is 20.5 Å². The third-order valence-electron chi connectivity index (χ3n) is 6.46. The lowest BCUT2D eigenvalue weighted by atomic mass is 10.1. The maximum Gasteiger partial charge on any atom is 0.243 e. The zero-order chi connectivity index (χ0) is 26.5. The van der Waals surface area contributed by atoms with Crippen LogP contribution in [0, 0.1) is 5.82 Å². The number of hydrogen-bond acceptors (Lipinski definition) is 8. The third-order valence-corrected chi connectivity index (χ3v) is 8.38. The highest BCUT2D eigenvalue weighted by Crippen LogP contribution is 2.24. The van der Waals surface area contributed by atoms with Gasteiger partial charge in [0.25, 0.3) is 0 Å². The van der Waals surface area contributed by atoms with Crippen molar-refractivity contribution in [3.05, 3.63) is 84.8 Å². The summed E-state index contributed by atoms with van der Waals surface area (Å²) in [7, 11) is -1.63. The van der Waals surface area contributed by atoms with E-state index in [1.54, 1.807) is 59.3 Å². The normalized spacial score (nSPS) is 14.9. The number of aryl methyl sites for hydroxylation is 1. The fraction of sp³-hybridized carbons (Fsp3) is 0.269. The Morgan fingerprint density at radius 2 is 1.66 bits per heavy atom. The van der Waals surface area contributed by atoms with Crippen LogP contribution in [-0.2, 0) is 23.6 Å². The van der Waals surface area contributed by atoms with Crippen molar-refractivity contribution in [2.75, 3.05) is 23.7 Å². The Bertz CT molecular complexity index is 1470. The Morgan fingerprint density at radius 3 is 2.34 bits per heavy atom. The van der Waals surface area contributed by atoms with Crippen LogP contribution < -0.4 is 16.0 Å². The number of anilines is 4. The fourth-order valence-electron chi connectivity index (χ4n) is 4.26. The van der Waals surface area contributed by atoms with Crippen molar-refractivity contribution in [2.45, 2.75) is 30.3 Å². The molecule has 1 aliphatic rings. The second-order valence-electron chi connectivity index (χ2n) is 9.10. The van der Waals surface area contributed by atoms with E-state index >= 15 is 0 Å². The first-order valence-electron chi connectivity index (χ1n) is 12.3. The van der Waals surface area contributed by atoms with Gasteiger partial charge in [-0.3, -0.25) is 0 Å². The van der Waals surface area contributed by atoms with Crippen LogP contribution in [0.4, 0.5) is 27.5 Å². The summed E-state index contributed by atoms with van der Waals surface area (Å²) >= 11 is 0. The Labute approximate surface area is 221 Å². The van der Waals surface area contributed by atoms with E-state index in [9.17, 15) is 12.8 Å². The van der Waals surface area contributed by atoms with Crippen molar-refractivity contribution in [1.82, 2.24) is 29.1 Å². The van der Waals surface area contributed by atoms with Crippen LogP contribution in [0.5, 0.6) is 0 Å². The largest absolute Gasteiger partial charge is 0.340 e. The molecule has 4 aromatic rings. The SMILES string of the molecule is Cn1cncc1CNC1CCN(S(=O)(=O)c2ccc(Nc3nccc(Nc4ccc(F)cc4)n3)cc2)CC1. The summed E-state index contributed by atoms with van der Waals surface area (Å²) in [6.45, 7) is 1.64. The smallest absolute Gasteiger partial charge is 0.243 e.